The van der Waals surface area contributed by atoms with Crippen molar-refractivity contribution in [2.24, 2.45) is 5.92 Å². The molecule has 1 rings (SSSR count). The van der Waals surface area contributed by atoms with Crippen LogP contribution in [0.15, 0.2) is 0 Å². The maximum Gasteiger partial charge on any atom is 0.354 e. The molecule has 1 atom stereocenters. The van der Waals surface area contributed by atoms with Gasteiger partial charge in [-0.2, -0.15) is 11.8 Å². The predicted octanol–water partition coefficient (Wildman–Crippen LogP) is 1.09. The van der Waals surface area contributed by atoms with E-state index < -0.39 is 20.7 Å². The second kappa shape index (κ2) is 6.58. The summed E-state index contributed by atoms with van der Waals surface area (Å²) in [4.78, 5) is 38.1. The molecule has 19 heavy (non-hydrogen) atoms. The normalized spacial score (nSPS) is 23.3. The van der Waals surface area contributed by atoms with E-state index in [1.54, 1.807) is 11.8 Å². The first-order valence-corrected chi connectivity index (χ1v) is 10.4. The highest BCUT2D eigenvalue weighted by molar-refractivity contribution is 8.00. The van der Waals surface area contributed by atoms with Crippen LogP contribution in [-0.2, 0) is 9.13 Å². The van der Waals surface area contributed by atoms with Gasteiger partial charge in [-0.3, -0.25) is 14.0 Å². The zero-order valence-corrected chi connectivity index (χ0v) is 13.5. The molecule has 1 aliphatic rings. The first-order chi connectivity index (χ1) is 8.51. The summed E-state index contributed by atoms with van der Waals surface area (Å²) in [7, 11) is -9.75. The highest BCUT2D eigenvalue weighted by Gasteiger charge is 2.48. The number of hydrogen-bond acceptors (Lipinski definition) is 4. The highest BCUT2D eigenvalue weighted by atomic mass is 32.2. The Hall–Kier alpha value is 0.610. The summed E-state index contributed by atoms with van der Waals surface area (Å²) >= 11 is 1.69. The Labute approximate surface area is 117 Å². The lowest BCUT2D eigenvalue weighted by Crippen LogP contribution is -2.44. The van der Waals surface area contributed by atoms with Crippen molar-refractivity contribution in [2.45, 2.75) is 31.0 Å². The van der Waals surface area contributed by atoms with E-state index in [0.717, 1.165) is 6.42 Å². The summed E-state index contributed by atoms with van der Waals surface area (Å²) in [5.41, 5.74) is -2.00. The summed E-state index contributed by atoms with van der Waals surface area (Å²) in [5, 5.41) is 0.148. The molecule has 0 aromatic heterocycles. The summed E-state index contributed by atoms with van der Waals surface area (Å²) in [6, 6.07) is 0. The SMILES string of the molecule is CC(C)CC1CN(C(P(=O)(O)O)P(=O)(O)O)CCS1. The van der Waals surface area contributed by atoms with Crippen molar-refractivity contribution in [1.82, 2.24) is 4.90 Å². The van der Waals surface area contributed by atoms with E-state index in [1.165, 1.54) is 4.90 Å². The van der Waals surface area contributed by atoms with Gasteiger partial charge in [0, 0.05) is 24.1 Å². The van der Waals surface area contributed by atoms with Crippen molar-refractivity contribution in [3.05, 3.63) is 0 Å². The van der Waals surface area contributed by atoms with Gasteiger partial charge in [-0.15, -0.1) is 0 Å². The molecule has 1 heterocycles. The molecule has 0 amide bonds. The lowest BCUT2D eigenvalue weighted by molar-refractivity contribution is 0.225. The smallest absolute Gasteiger partial charge is 0.323 e. The summed E-state index contributed by atoms with van der Waals surface area (Å²) < 4.78 is 22.7. The Morgan fingerprint density at radius 1 is 1.21 bits per heavy atom. The van der Waals surface area contributed by atoms with Crippen LogP contribution < -0.4 is 0 Å². The van der Waals surface area contributed by atoms with E-state index in [9.17, 15) is 28.7 Å². The summed E-state index contributed by atoms with van der Waals surface area (Å²) in [6.45, 7) is 4.66. The molecule has 4 N–H and O–H groups in total. The van der Waals surface area contributed by atoms with Crippen molar-refractivity contribution in [3.63, 3.8) is 0 Å². The first-order valence-electron chi connectivity index (χ1n) is 5.98. The molecule has 114 valence electrons. The van der Waals surface area contributed by atoms with Crippen LogP contribution in [0, 0.1) is 5.92 Å². The van der Waals surface area contributed by atoms with Crippen molar-refractivity contribution in [1.29, 1.82) is 0 Å². The molecular formula is C9H21NO6P2S. The van der Waals surface area contributed by atoms with Gasteiger partial charge in [-0.05, 0) is 12.3 Å². The van der Waals surface area contributed by atoms with E-state index in [-0.39, 0.29) is 11.8 Å². The number of thioether (sulfide) groups is 1. The first kappa shape index (κ1) is 17.7. The molecule has 0 bridgehead atoms. The maximum absolute atomic E-state index is 11.4. The van der Waals surface area contributed by atoms with Crippen molar-refractivity contribution in [3.8, 4) is 0 Å². The molecule has 7 nitrogen and oxygen atoms in total. The average molecular weight is 333 g/mol. The number of nitrogens with zero attached hydrogens (tertiary/aromatic N) is 1. The van der Waals surface area contributed by atoms with E-state index in [4.69, 9.17) is 0 Å². The monoisotopic (exact) mass is 333 g/mol. The van der Waals surface area contributed by atoms with Gasteiger partial charge in [0.05, 0.1) is 0 Å². The van der Waals surface area contributed by atoms with Crippen LogP contribution in [0.4, 0.5) is 0 Å². The minimum atomic E-state index is -4.87. The Balaban J connectivity index is 2.86. The van der Waals surface area contributed by atoms with Crippen LogP contribution in [0.2, 0.25) is 0 Å². The minimum absolute atomic E-state index is 0.148. The molecule has 1 unspecified atom stereocenters. The third-order valence-corrected chi connectivity index (χ3v) is 7.73. The third kappa shape index (κ3) is 5.48. The van der Waals surface area contributed by atoms with Crippen LogP contribution >= 0.6 is 27.0 Å². The standard InChI is InChI=1S/C9H21NO6P2S/c1-7(2)5-8-6-10(3-4-19-8)9(17(11,12)13)18(14,15)16/h7-9H,3-6H2,1-2H3,(H2,11,12,13)(H2,14,15,16). The fourth-order valence-electron chi connectivity index (χ4n) is 2.24. The molecule has 0 saturated carbocycles. The number of rotatable bonds is 5. The van der Waals surface area contributed by atoms with E-state index in [1.807, 2.05) is 13.8 Å². The second-order valence-electron chi connectivity index (χ2n) is 5.14. The molecule has 0 aromatic rings. The van der Waals surface area contributed by atoms with Gasteiger partial charge in [0.15, 0.2) is 0 Å². The third-order valence-electron chi connectivity index (χ3n) is 2.83. The van der Waals surface area contributed by atoms with Gasteiger partial charge >= 0.3 is 15.2 Å². The molecule has 0 radical (unpaired) electrons. The topological polar surface area (TPSA) is 118 Å². The van der Waals surface area contributed by atoms with Crippen LogP contribution in [0.3, 0.4) is 0 Å². The van der Waals surface area contributed by atoms with E-state index in [2.05, 4.69) is 0 Å². The Kier molecular flexibility index (Phi) is 6.12. The fraction of sp³-hybridized carbons (Fsp3) is 1.00. The van der Waals surface area contributed by atoms with Gasteiger partial charge in [0.2, 0.25) is 5.52 Å². The van der Waals surface area contributed by atoms with E-state index in [0.29, 0.717) is 18.2 Å². The van der Waals surface area contributed by atoms with E-state index >= 15 is 0 Å². The fourth-order valence-corrected chi connectivity index (χ4v) is 6.57. The maximum atomic E-state index is 11.4. The van der Waals surface area contributed by atoms with Gasteiger partial charge in [0.1, 0.15) is 0 Å². The van der Waals surface area contributed by atoms with Gasteiger partial charge < -0.3 is 19.6 Å². The van der Waals surface area contributed by atoms with Crippen molar-refractivity contribution >= 4 is 27.0 Å². The molecule has 0 aliphatic carbocycles. The quantitative estimate of drug-likeness (QED) is 0.552. The van der Waals surface area contributed by atoms with Crippen LogP contribution in [0.25, 0.3) is 0 Å². The molecule has 1 saturated heterocycles. The lowest BCUT2D eigenvalue weighted by Gasteiger charge is -2.38. The highest BCUT2D eigenvalue weighted by Crippen LogP contribution is 2.61. The van der Waals surface area contributed by atoms with Gasteiger partial charge in [-0.25, -0.2) is 0 Å². The zero-order chi connectivity index (χ0) is 14.8. The summed E-state index contributed by atoms with van der Waals surface area (Å²) in [6.07, 6.45) is 0.857. The molecule has 1 aliphatic heterocycles. The Morgan fingerprint density at radius 2 is 1.74 bits per heavy atom. The molecular weight excluding hydrogens is 312 g/mol. The molecule has 0 aromatic carbocycles. The van der Waals surface area contributed by atoms with Crippen molar-refractivity contribution < 1.29 is 28.7 Å². The Morgan fingerprint density at radius 3 is 2.16 bits per heavy atom. The molecule has 0 spiro atoms. The average Bonchev–Trinajstić information content (AvgIpc) is 2.11. The zero-order valence-electron chi connectivity index (χ0n) is 10.9. The lowest BCUT2D eigenvalue weighted by atomic mass is 10.1. The largest absolute Gasteiger partial charge is 0.354 e. The number of hydrogen-bond donors (Lipinski definition) is 4. The van der Waals surface area contributed by atoms with Gasteiger partial charge in [-0.1, -0.05) is 13.8 Å². The molecule has 10 heteroatoms. The van der Waals surface area contributed by atoms with Gasteiger partial charge in [0.25, 0.3) is 0 Å². The summed E-state index contributed by atoms with van der Waals surface area (Å²) in [5.74, 6) is 1.05. The Bertz CT molecular complexity index is 372. The predicted molar refractivity (Wildman–Crippen MR) is 75.2 cm³/mol. The molecule has 1 fully saturated rings. The minimum Gasteiger partial charge on any atom is -0.323 e. The van der Waals surface area contributed by atoms with Crippen molar-refractivity contribution in [2.75, 3.05) is 18.8 Å². The van der Waals surface area contributed by atoms with Crippen LogP contribution in [-0.4, -0.2) is 54.1 Å². The van der Waals surface area contributed by atoms with Crippen LogP contribution in [0.1, 0.15) is 20.3 Å². The van der Waals surface area contributed by atoms with Crippen LogP contribution in [0.5, 0.6) is 0 Å². The second-order valence-corrected chi connectivity index (χ2v) is 10.3.